The predicted octanol–water partition coefficient (Wildman–Crippen LogP) is 4.52. The Kier molecular flexibility index (Phi) is 7.24. The zero-order chi connectivity index (χ0) is 25.8. The van der Waals surface area contributed by atoms with Gasteiger partial charge in [-0.2, -0.15) is 0 Å². The van der Waals surface area contributed by atoms with Crippen LogP contribution in [0, 0.1) is 5.82 Å². The van der Waals surface area contributed by atoms with E-state index in [9.17, 15) is 19.1 Å². The number of hydrogen-bond donors (Lipinski definition) is 1. The van der Waals surface area contributed by atoms with Gasteiger partial charge in [0.2, 0.25) is 0 Å². The van der Waals surface area contributed by atoms with E-state index < -0.39 is 23.5 Å². The summed E-state index contributed by atoms with van der Waals surface area (Å²) in [5.41, 5.74) is 1.70. The molecule has 1 heterocycles. The summed E-state index contributed by atoms with van der Waals surface area (Å²) in [6.45, 7) is 0.205. The molecule has 7 nitrogen and oxygen atoms in total. The number of hydrogen-bond acceptors (Lipinski definition) is 6. The molecule has 1 saturated heterocycles. The lowest BCUT2D eigenvalue weighted by atomic mass is 9.95. The molecule has 36 heavy (non-hydrogen) atoms. The van der Waals surface area contributed by atoms with Crippen LogP contribution in [0.15, 0.2) is 72.3 Å². The van der Waals surface area contributed by atoms with Crippen LogP contribution in [-0.2, 0) is 16.0 Å². The maximum Gasteiger partial charge on any atom is 0.295 e. The van der Waals surface area contributed by atoms with Gasteiger partial charge >= 0.3 is 0 Å². The number of halogens is 1. The minimum absolute atomic E-state index is 0.0518. The van der Waals surface area contributed by atoms with Gasteiger partial charge in [-0.05, 0) is 66.1 Å². The Morgan fingerprint density at radius 1 is 0.889 bits per heavy atom. The lowest BCUT2D eigenvalue weighted by Gasteiger charge is -2.25. The maximum atomic E-state index is 13.4. The quantitative estimate of drug-likeness (QED) is 0.283. The van der Waals surface area contributed by atoms with Crippen LogP contribution >= 0.6 is 0 Å². The zero-order valence-corrected chi connectivity index (χ0v) is 20.2. The Hall–Kier alpha value is -4.33. The van der Waals surface area contributed by atoms with Crippen molar-refractivity contribution in [3.63, 3.8) is 0 Å². The first-order valence-corrected chi connectivity index (χ1v) is 11.3. The van der Waals surface area contributed by atoms with Crippen molar-refractivity contribution in [3.8, 4) is 17.2 Å². The summed E-state index contributed by atoms with van der Waals surface area (Å²) in [4.78, 5) is 27.8. The molecular weight excluding hydrogens is 465 g/mol. The van der Waals surface area contributed by atoms with Crippen molar-refractivity contribution < 1.29 is 33.3 Å². The van der Waals surface area contributed by atoms with Gasteiger partial charge in [0, 0.05) is 12.1 Å². The number of nitrogens with zero attached hydrogens (tertiary/aromatic N) is 1. The van der Waals surface area contributed by atoms with Crippen LogP contribution < -0.4 is 14.2 Å². The molecule has 1 fully saturated rings. The fourth-order valence-electron chi connectivity index (χ4n) is 4.29. The van der Waals surface area contributed by atoms with E-state index in [1.807, 2.05) is 12.1 Å². The van der Waals surface area contributed by atoms with Crippen LogP contribution in [0.3, 0.4) is 0 Å². The van der Waals surface area contributed by atoms with E-state index in [-0.39, 0.29) is 23.4 Å². The second kappa shape index (κ2) is 10.5. The molecule has 0 saturated carbocycles. The van der Waals surface area contributed by atoms with Gasteiger partial charge in [0.15, 0.2) is 11.5 Å². The Morgan fingerprint density at radius 3 is 2.17 bits per heavy atom. The molecule has 4 rings (SSSR count). The Balaban J connectivity index is 1.74. The number of carbonyl (C=O) groups is 2. The van der Waals surface area contributed by atoms with Crippen molar-refractivity contribution in [2.24, 2.45) is 0 Å². The van der Waals surface area contributed by atoms with E-state index in [2.05, 4.69) is 0 Å². The predicted molar refractivity (Wildman–Crippen MR) is 132 cm³/mol. The second-order valence-electron chi connectivity index (χ2n) is 8.21. The Morgan fingerprint density at radius 2 is 1.56 bits per heavy atom. The van der Waals surface area contributed by atoms with Crippen LogP contribution in [0.4, 0.5) is 4.39 Å². The molecule has 8 heteroatoms. The lowest BCUT2D eigenvalue weighted by molar-refractivity contribution is -0.139. The topological polar surface area (TPSA) is 85.3 Å². The highest BCUT2D eigenvalue weighted by Gasteiger charge is 2.45. The molecule has 0 aliphatic carbocycles. The first-order chi connectivity index (χ1) is 17.4. The summed E-state index contributed by atoms with van der Waals surface area (Å²) < 4.78 is 29.3. The number of Topliss-reactive ketones (excluding diaryl/α,β-unsaturated/α-hetero) is 1. The van der Waals surface area contributed by atoms with Gasteiger partial charge in [-0.15, -0.1) is 0 Å². The van der Waals surface area contributed by atoms with Crippen molar-refractivity contribution in [2.45, 2.75) is 12.5 Å². The van der Waals surface area contributed by atoms with Gasteiger partial charge in [-0.25, -0.2) is 4.39 Å². The smallest absolute Gasteiger partial charge is 0.295 e. The fourth-order valence-corrected chi connectivity index (χ4v) is 4.29. The second-order valence-corrected chi connectivity index (χ2v) is 8.21. The molecule has 1 N–H and O–H groups in total. The summed E-state index contributed by atoms with van der Waals surface area (Å²) in [5.74, 6) is -0.611. The normalized spacial score (nSPS) is 16.8. The third-order valence-electron chi connectivity index (χ3n) is 6.18. The van der Waals surface area contributed by atoms with E-state index in [4.69, 9.17) is 14.2 Å². The van der Waals surface area contributed by atoms with E-state index in [0.717, 1.165) is 5.56 Å². The standard InChI is InChI=1S/C28H26FNO6/c1-34-21-11-7-18(8-12-21)25-24(26(31)19-5-9-20(29)10-6-19)27(32)28(33)30(25)15-14-17-4-13-22(35-2)23(16-17)36-3/h4-13,16,25,31H,14-15H2,1-3H3/t25-/m1/s1. The van der Waals surface area contributed by atoms with Gasteiger partial charge in [-0.3, -0.25) is 9.59 Å². The zero-order valence-electron chi connectivity index (χ0n) is 20.2. The van der Waals surface area contributed by atoms with Crippen LogP contribution in [0.1, 0.15) is 22.7 Å². The first kappa shape index (κ1) is 24.8. The van der Waals surface area contributed by atoms with Crippen LogP contribution in [0.2, 0.25) is 0 Å². The number of aliphatic hydroxyl groups is 1. The highest BCUT2D eigenvalue weighted by Crippen LogP contribution is 2.40. The number of ketones is 1. The molecule has 0 unspecified atom stereocenters. The summed E-state index contributed by atoms with van der Waals surface area (Å²) >= 11 is 0. The Bertz CT molecular complexity index is 1300. The number of benzene rings is 3. The molecule has 3 aromatic rings. The molecule has 1 amide bonds. The molecule has 3 aromatic carbocycles. The molecular formula is C28H26FNO6. The number of aliphatic hydroxyl groups excluding tert-OH is 1. The van der Waals surface area contributed by atoms with Gasteiger partial charge < -0.3 is 24.2 Å². The van der Waals surface area contributed by atoms with E-state index >= 15 is 0 Å². The van der Waals surface area contributed by atoms with Gasteiger partial charge in [0.1, 0.15) is 17.3 Å². The van der Waals surface area contributed by atoms with Gasteiger partial charge in [0.05, 0.1) is 32.9 Å². The largest absolute Gasteiger partial charge is 0.507 e. The number of rotatable bonds is 8. The highest BCUT2D eigenvalue weighted by atomic mass is 19.1. The number of methoxy groups -OCH3 is 3. The molecule has 0 spiro atoms. The number of carbonyl (C=O) groups excluding carboxylic acids is 2. The van der Waals surface area contributed by atoms with E-state index in [0.29, 0.717) is 29.2 Å². The molecule has 0 bridgehead atoms. The summed E-state index contributed by atoms with van der Waals surface area (Å²) in [5, 5.41) is 11.1. The molecule has 1 atom stereocenters. The van der Waals surface area contributed by atoms with Crippen molar-refractivity contribution in [1.29, 1.82) is 0 Å². The van der Waals surface area contributed by atoms with Gasteiger partial charge in [-0.1, -0.05) is 18.2 Å². The Labute approximate surface area is 208 Å². The van der Waals surface area contributed by atoms with Crippen molar-refractivity contribution in [3.05, 3.63) is 94.8 Å². The minimum atomic E-state index is -0.832. The minimum Gasteiger partial charge on any atom is -0.507 e. The van der Waals surface area contributed by atoms with E-state index in [1.165, 1.54) is 29.2 Å². The van der Waals surface area contributed by atoms with Crippen LogP contribution in [-0.4, -0.2) is 49.6 Å². The fraction of sp³-hybridized carbons (Fsp3) is 0.214. The van der Waals surface area contributed by atoms with Crippen LogP contribution in [0.25, 0.3) is 5.76 Å². The molecule has 0 aromatic heterocycles. The molecule has 1 aliphatic heterocycles. The van der Waals surface area contributed by atoms with Gasteiger partial charge in [0.25, 0.3) is 11.7 Å². The van der Waals surface area contributed by atoms with Crippen molar-refractivity contribution in [2.75, 3.05) is 27.9 Å². The molecule has 0 radical (unpaired) electrons. The average molecular weight is 492 g/mol. The third-order valence-corrected chi connectivity index (χ3v) is 6.18. The molecule has 1 aliphatic rings. The monoisotopic (exact) mass is 491 g/mol. The van der Waals surface area contributed by atoms with Crippen LogP contribution in [0.5, 0.6) is 17.2 Å². The number of ether oxygens (including phenoxy) is 3. The number of amides is 1. The summed E-state index contributed by atoms with van der Waals surface area (Å²) in [7, 11) is 4.63. The average Bonchev–Trinajstić information content (AvgIpc) is 3.16. The number of likely N-dealkylation sites (tertiary alicyclic amines) is 1. The SMILES string of the molecule is COc1ccc([C@@H]2C(=C(O)c3ccc(F)cc3)C(=O)C(=O)N2CCc2ccc(OC)c(OC)c2)cc1. The molecule has 186 valence electrons. The van der Waals surface area contributed by atoms with Crippen molar-refractivity contribution >= 4 is 17.4 Å². The third kappa shape index (κ3) is 4.75. The van der Waals surface area contributed by atoms with Crippen molar-refractivity contribution in [1.82, 2.24) is 4.90 Å². The summed E-state index contributed by atoms with van der Waals surface area (Å²) in [6, 6.07) is 16.7. The summed E-state index contributed by atoms with van der Waals surface area (Å²) in [6.07, 6.45) is 0.427. The maximum absolute atomic E-state index is 13.4. The first-order valence-electron chi connectivity index (χ1n) is 11.3. The van der Waals surface area contributed by atoms with E-state index in [1.54, 1.807) is 51.7 Å². The highest BCUT2D eigenvalue weighted by molar-refractivity contribution is 6.46. The lowest BCUT2D eigenvalue weighted by Crippen LogP contribution is -2.31.